The van der Waals surface area contributed by atoms with Crippen molar-refractivity contribution in [3.8, 4) is 0 Å². The third-order valence-electron chi connectivity index (χ3n) is 2.36. The van der Waals surface area contributed by atoms with Gasteiger partial charge in [-0.2, -0.15) is 13.2 Å². The summed E-state index contributed by atoms with van der Waals surface area (Å²) in [4.78, 5) is 12.5. The molecule has 0 aliphatic heterocycles. The zero-order chi connectivity index (χ0) is 13.6. The van der Waals surface area contributed by atoms with Gasteiger partial charge < -0.3 is 10.1 Å². The number of alkyl halides is 3. The molecule has 1 atom stereocenters. The Kier molecular flexibility index (Phi) is 6.48. The minimum absolute atomic E-state index is 0.0413. The lowest BCUT2D eigenvalue weighted by atomic mass is 10.2. The summed E-state index contributed by atoms with van der Waals surface area (Å²) in [7, 11) is 2.71. The van der Waals surface area contributed by atoms with Gasteiger partial charge in [-0.3, -0.25) is 9.69 Å². The fraction of sp³-hybridized carbons (Fsp3) is 0.900. The van der Waals surface area contributed by atoms with Crippen molar-refractivity contribution in [2.45, 2.75) is 32.1 Å². The Balaban J connectivity index is 4.57. The van der Waals surface area contributed by atoms with E-state index in [-0.39, 0.29) is 12.6 Å². The predicted octanol–water partition coefficient (Wildman–Crippen LogP) is 1.02. The average Bonchev–Trinajstić information content (AvgIpc) is 2.21. The number of esters is 1. The average molecular weight is 256 g/mol. The zero-order valence-corrected chi connectivity index (χ0v) is 10.5. The molecule has 0 rings (SSSR count). The van der Waals surface area contributed by atoms with Crippen LogP contribution in [0.15, 0.2) is 0 Å². The first kappa shape index (κ1) is 16.2. The Morgan fingerprint density at radius 3 is 2.24 bits per heavy atom. The standard InChI is InChI=1S/C10H19F3N2O2/c1-7(2)15(6-10(11,12)13)5-8(14-3)9(16)17-4/h7-8,14H,5-6H2,1-4H3. The van der Waals surface area contributed by atoms with Gasteiger partial charge in [0.25, 0.3) is 0 Å². The summed E-state index contributed by atoms with van der Waals surface area (Å²) in [5.74, 6) is -0.569. The largest absolute Gasteiger partial charge is 0.468 e. The maximum atomic E-state index is 12.3. The van der Waals surface area contributed by atoms with Gasteiger partial charge in [0, 0.05) is 12.6 Å². The number of rotatable bonds is 6. The van der Waals surface area contributed by atoms with Crippen LogP contribution in [-0.4, -0.2) is 56.4 Å². The van der Waals surface area contributed by atoms with Crippen LogP contribution in [0.1, 0.15) is 13.8 Å². The number of hydrogen-bond donors (Lipinski definition) is 1. The van der Waals surface area contributed by atoms with Crippen molar-refractivity contribution in [1.82, 2.24) is 10.2 Å². The summed E-state index contributed by atoms with van der Waals surface area (Å²) in [6.07, 6.45) is -4.28. The molecule has 1 unspecified atom stereocenters. The van der Waals surface area contributed by atoms with Crippen LogP contribution in [0.2, 0.25) is 0 Å². The lowest BCUT2D eigenvalue weighted by Crippen LogP contribution is -2.50. The van der Waals surface area contributed by atoms with Gasteiger partial charge in [-0.15, -0.1) is 0 Å². The van der Waals surface area contributed by atoms with Gasteiger partial charge in [-0.05, 0) is 20.9 Å². The third kappa shape index (κ3) is 6.48. The van der Waals surface area contributed by atoms with E-state index in [0.29, 0.717) is 0 Å². The highest BCUT2D eigenvalue weighted by Crippen LogP contribution is 2.18. The molecule has 0 aromatic carbocycles. The SMILES string of the molecule is CNC(CN(CC(F)(F)F)C(C)C)C(=O)OC. The quantitative estimate of drug-likeness (QED) is 0.720. The molecule has 0 aliphatic rings. The molecule has 0 aliphatic carbocycles. The Bertz CT molecular complexity index is 244. The molecule has 0 heterocycles. The molecular weight excluding hydrogens is 237 g/mol. The molecule has 0 saturated carbocycles. The van der Waals surface area contributed by atoms with Crippen LogP contribution in [0.4, 0.5) is 13.2 Å². The third-order valence-corrected chi connectivity index (χ3v) is 2.36. The Labute approximate surface area is 99.1 Å². The predicted molar refractivity (Wildman–Crippen MR) is 57.6 cm³/mol. The van der Waals surface area contributed by atoms with E-state index in [9.17, 15) is 18.0 Å². The van der Waals surface area contributed by atoms with Crippen LogP contribution < -0.4 is 5.32 Å². The van der Waals surface area contributed by atoms with Gasteiger partial charge >= 0.3 is 12.1 Å². The fourth-order valence-corrected chi connectivity index (χ4v) is 1.35. The monoisotopic (exact) mass is 256 g/mol. The summed E-state index contributed by atoms with van der Waals surface area (Å²) in [6.45, 7) is 2.21. The molecule has 7 heteroatoms. The lowest BCUT2D eigenvalue weighted by Gasteiger charge is -2.30. The smallest absolute Gasteiger partial charge is 0.401 e. The van der Waals surface area contributed by atoms with Crippen LogP contribution in [0, 0.1) is 0 Å². The van der Waals surface area contributed by atoms with E-state index < -0.39 is 24.7 Å². The maximum absolute atomic E-state index is 12.3. The van der Waals surface area contributed by atoms with Crippen molar-refractivity contribution in [3.05, 3.63) is 0 Å². The maximum Gasteiger partial charge on any atom is 0.401 e. The minimum atomic E-state index is -4.28. The van der Waals surface area contributed by atoms with Gasteiger partial charge in [-0.25, -0.2) is 0 Å². The van der Waals surface area contributed by atoms with Crippen molar-refractivity contribution in [3.63, 3.8) is 0 Å². The molecule has 0 saturated heterocycles. The van der Waals surface area contributed by atoms with Crippen LogP contribution in [0.3, 0.4) is 0 Å². The first-order valence-electron chi connectivity index (χ1n) is 5.27. The van der Waals surface area contributed by atoms with Gasteiger partial charge in [0.05, 0.1) is 13.7 Å². The highest BCUT2D eigenvalue weighted by molar-refractivity contribution is 5.75. The number of methoxy groups -OCH3 is 1. The topological polar surface area (TPSA) is 41.6 Å². The number of nitrogens with one attached hydrogen (secondary N) is 1. The number of hydrogen-bond acceptors (Lipinski definition) is 4. The van der Waals surface area contributed by atoms with Crippen LogP contribution in [0.25, 0.3) is 0 Å². The summed E-state index contributed by atoms with van der Waals surface area (Å²) < 4.78 is 41.5. The second-order valence-corrected chi connectivity index (χ2v) is 4.00. The van der Waals surface area contributed by atoms with Crippen molar-refractivity contribution < 1.29 is 22.7 Å². The van der Waals surface area contributed by atoms with Crippen molar-refractivity contribution in [2.75, 3.05) is 27.2 Å². The molecule has 0 spiro atoms. The highest BCUT2D eigenvalue weighted by Gasteiger charge is 2.33. The van der Waals surface area contributed by atoms with Crippen molar-refractivity contribution >= 4 is 5.97 Å². The number of likely N-dealkylation sites (N-methyl/N-ethyl adjacent to an activating group) is 1. The van der Waals surface area contributed by atoms with Gasteiger partial charge in [-0.1, -0.05) is 0 Å². The van der Waals surface area contributed by atoms with Crippen LogP contribution in [-0.2, 0) is 9.53 Å². The highest BCUT2D eigenvalue weighted by atomic mass is 19.4. The number of carbonyl (C=O) groups is 1. The lowest BCUT2D eigenvalue weighted by molar-refractivity contribution is -0.155. The molecule has 17 heavy (non-hydrogen) atoms. The molecule has 0 radical (unpaired) electrons. The van der Waals surface area contributed by atoms with Gasteiger partial charge in [0.1, 0.15) is 6.04 Å². The zero-order valence-electron chi connectivity index (χ0n) is 10.5. The van der Waals surface area contributed by atoms with E-state index in [1.807, 2.05) is 0 Å². The summed E-state index contributed by atoms with van der Waals surface area (Å²) in [6, 6.07) is -1.07. The van der Waals surface area contributed by atoms with Crippen molar-refractivity contribution in [2.24, 2.45) is 0 Å². The van der Waals surface area contributed by atoms with E-state index in [1.165, 1.54) is 19.1 Å². The number of ether oxygens (including phenoxy) is 1. The summed E-state index contributed by atoms with van der Waals surface area (Å²) >= 11 is 0. The van der Waals surface area contributed by atoms with Crippen molar-refractivity contribution in [1.29, 1.82) is 0 Å². The van der Waals surface area contributed by atoms with Gasteiger partial charge in [0.15, 0.2) is 0 Å². The number of halogens is 3. The number of carbonyl (C=O) groups excluding carboxylic acids is 1. The molecule has 0 aromatic rings. The number of nitrogens with zero attached hydrogens (tertiary/aromatic N) is 1. The van der Waals surface area contributed by atoms with E-state index in [4.69, 9.17) is 0 Å². The second kappa shape index (κ2) is 6.80. The van der Waals surface area contributed by atoms with E-state index in [1.54, 1.807) is 13.8 Å². The Morgan fingerprint density at radius 1 is 1.41 bits per heavy atom. The summed E-state index contributed by atoms with van der Waals surface area (Å²) in [5, 5.41) is 2.64. The molecule has 0 aromatic heterocycles. The van der Waals surface area contributed by atoms with Crippen LogP contribution >= 0.6 is 0 Å². The molecule has 0 amide bonds. The summed E-state index contributed by atoms with van der Waals surface area (Å²) in [5.41, 5.74) is 0. The molecular formula is C10H19F3N2O2. The normalized spacial score (nSPS) is 14.2. The molecule has 0 fully saturated rings. The Hall–Kier alpha value is -0.820. The van der Waals surface area contributed by atoms with E-state index in [0.717, 1.165) is 0 Å². The molecule has 1 N–H and O–H groups in total. The molecule has 0 bridgehead atoms. The molecule has 102 valence electrons. The Morgan fingerprint density at radius 2 is 1.94 bits per heavy atom. The fourth-order valence-electron chi connectivity index (χ4n) is 1.35. The van der Waals surface area contributed by atoms with E-state index in [2.05, 4.69) is 10.1 Å². The first-order valence-corrected chi connectivity index (χ1v) is 5.27. The minimum Gasteiger partial charge on any atom is -0.468 e. The second-order valence-electron chi connectivity index (χ2n) is 4.00. The molecule has 4 nitrogen and oxygen atoms in total. The first-order chi connectivity index (χ1) is 7.71. The van der Waals surface area contributed by atoms with Crippen LogP contribution in [0.5, 0.6) is 0 Å². The van der Waals surface area contributed by atoms with E-state index >= 15 is 0 Å². The van der Waals surface area contributed by atoms with Gasteiger partial charge in [0.2, 0.25) is 0 Å².